The summed E-state index contributed by atoms with van der Waals surface area (Å²) in [6.45, 7) is 0. The van der Waals surface area contributed by atoms with E-state index in [-0.39, 0.29) is 0 Å². The summed E-state index contributed by atoms with van der Waals surface area (Å²) < 4.78 is 6.45. The Hall–Kier alpha value is -5.51. The molecular formula is C40H25ClN2O. The van der Waals surface area contributed by atoms with Crippen LogP contribution in [0.3, 0.4) is 0 Å². The standard InChI is InChI=1S/C40H25ClN2O/c41-31-19-16-29(17-20-31)40-42-36(28-14-8-3-9-15-28)25-37(43-40)30-18-21-38-34(22-30)35-23-32(26-10-4-1-5-11-26)33(24-39(35)44-38)27-12-6-2-7-13-27/h1-25H. The Kier molecular flexibility index (Phi) is 6.51. The molecule has 8 rings (SSSR count). The van der Waals surface area contributed by atoms with E-state index < -0.39 is 0 Å². The molecule has 0 unspecified atom stereocenters. The molecular weight excluding hydrogens is 560 g/mol. The molecule has 0 aliphatic carbocycles. The Morgan fingerprint density at radius 2 is 0.932 bits per heavy atom. The molecule has 0 atom stereocenters. The van der Waals surface area contributed by atoms with Gasteiger partial charge in [-0.05, 0) is 82.9 Å². The highest BCUT2D eigenvalue weighted by atomic mass is 35.5. The molecule has 0 N–H and O–H groups in total. The highest BCUT2D eigenvalue weighted by Gasteiger charge is 2.17. The number of rotatable bonds is 5. The first-order valence-electron chi connectivity index (χ1n) is 14.5. The number of aromatic nitrogens is 2. The number of hydrogen-bond donors (Lipinski definition) is 0. The van der Waals surface area contributed by atoms with Crippen LogP contribution in [0.1, 0.15) is 0 Å². The van der Waals surface area contributed by atoms with Crippen LogP contribution in [0.15, 0.2) is 156 Å². The molecule has 8 aromatic rings. The molecule has 4 heteroatoms. The van der Waals surface area contributed by atoms with Crippen molar-refractivity contribution >= 4 is 33.5 Å². The second-order valence-electron chi connectivity index (χ2n) is 10.8. The molecule has 44 heavy (non-hydrogen) atoms. The van der Waals surface area contributed by atoms with E-state index in [2.05, 4.69) is 91.0 Å². The number of fused-ring (bicyclic) bond motifs is 3. The Bertz CT molecular complexity index is 2260. The van der Waals surface area contributed by atoms with Crippen LogP contribution in [0.2, 0.25) is 5.02 Å². The smallest absolute Gasteiger partial charge is 0.160 e. The Morgan fingerprint density at radius 1 is 0.409 bits per heavy atom. The molecule has 6 aromatic carbocycles. The van der Waals surface area contributed by atoms with Gasteiger partial charge in [0.1, 0.15) is 11.2 Å². The summed E-state index contributed by atoms with van der Waals surface area (Å²) in [5.41, 5.74) is 10.9. The van der Waals surface area contributed by atoms with Crippen LogP contribution in [0.25, 0.3) is 78.1 Å². The summed E-state index contributed by atoms with van der Waals surface area (Å²) in [6, 6.07) is 51.6. The van der Waals surface area contributed by atoms with Gasteiger partial charge in [0, 0.05) is 32.5 Å². The zero-order valence-corrected chi connectivity index (χ0v) is 24.4. The number of nitrogens with zero attached hydrogens (tertiary/aromatic N) is 2. The lowest BCUT2D eigenvalue weighted by molar-refractivity contribution is 0.669. The quantitative estimate of drug-likeness (QED) is 0.202. The predicted octanol–water partition coefficient (Wildman–Crippen LogP) is 11.4. The Morgan fingerprint density at radius 3 is 1.57 bits per heavy atom. The van der Waals surface area contributed by atoms with Crippen LogP contribution in [-0.2, 0) is 0 Å². The van der Waals surface area contributed by atoms with Crippen molar-refractivity contribution in [3.8, 4) is 56.2 Å². The van der Waals surface area contributed by atoms with Crippen molar-refractivity contribution in [1.29, 1.82) is 0 Å². The molecule has 0 aliphatic heterocycles. The molecule has 3 nitrogen and oxygen atoms in total. The predicted molar refractivity (Wildman–Crippen MR) is 181 cm³/mol. The van der Waals surface area contributed by atoms with Gasteiger partial charge in [0.15, 0.2) is 5.82 Å². The Labute approximate surface area is 260 Å². The summed E-state index contributed by atoms with van der Waals surface area (Å²) in [5, 5.41) is 2.79. The monoisotopic (exact) mass is 584 g/mol. The maximum absolute atomic E-state index is 6.45. The second kappa shape index (κ2) is 11.0. The fraction of sp³-hybridized carbons (Fsp3) is 0. The zero-order valence-electron chi connectivity index (χ0n) is 23.6. The molecule has 0 saturated heterocycles. The van der Waals surface area contributed by atoms with Gasteiger partial charge in [-0.25, -0.2) is 9.97 Å². The molecule has 0 radical (unpaired) electrons. The molecule has 208 valence electrons. The molecule has 2 heterocycles. The average molecular weight is 585 g/mol. The van der Waals surface area contributed by atoms with Gasteiger partial charge in [-0.1, -0.05) is 103 Å². The number of furan rings is 1. The van der Waals surface area contributed by atoms with E-state index in [1.54, 1.807) is 0 Å². The largest absolute Gasteiger partial charge is 0.456 e. The topological polar surface area (TPSA) is 38.9 Å². The third-order valence-corrected chi connectivity index (χ3v) is 8.22. The van der Waals surface area contributed by atoms with Gasteiger partial charge in [0.2, 0.25) is 0 Å². The molecule has 0 amide bonds. The van der Waals surface area contributed by atoms with E-state index in [9.17, 15) is 0 Å². The maximum Gasteiger partial charge on any atom is 0.160 e. The van der Waals surface area contributed by atoms with Gasteiger partial charge in [0.05, 0.1) is 11.4 Å². The SMILES string of the molecule is Clc1ccc(-c2nc(-c3ccccc3)cc(-c3ccc4oc5cc(-c6ccccc6)c(-c6ccccc6)cc5c4c3)n2)cc1. The van der Waals surface area contributed by atoms with Gasteiger partial charge in [-0.3, -0.25) is 0 Å². The lowest BCUT2D eigenvalue weighted by atomic mass is 9.92. The zero-order chi connectivity index (χ0) is 29.5. The number of hydrogen-bond acceptors (Lipinski definition) is 3. The number of halogens is 1. The maximum atomic E-state index is 6.45. The van der Waals surface area contributed by atoms with Gasteiger partial charge < -0.3 is 4.42 Å². The molecule has 0 saturated carbocycles. The van der Waals surface area contributed by atoms with Crippen molar-refractivity contribution in [1.82, 2.24) is 9.97 Å². The van der Waals surface area contributed by atoms with Crippen molar-refractivity contribution in [2.75, 3.05) is 0 Å². The molecule has 0 aliphatic rings. The third kappa shape index (κ3) is 4.84. The molecule has 2 aromatic heterocycles. The summed E-state index contributed by atoms with van der Waals surface area (Å²) in [5.74, 6) is 0.647. The Balaban J connectivity index is 1.33. The van der Waals surface area contributed by atoms with Crippen LogP contribution >= 0.6 is 11.6 Å². The number of benzene rings is 6. The first-order chi connectivity index (χ1) is 21.7. The van der Waals surface area contributed by atoms with Crippen LogP contribution in [0, 0.1) is 0 Å². The van der Waals surface area contributed by atoms with E-state index in [1.807, 2.05) is 60.7 Å². The van der Waals surface area contributed by atoms with Gasteiger partial charge >= 0.3 is 0 Å². The lowest BCUT2D eigenvalue weighted by Gasteiger charge is -2.11. The van der Waals surface area contributed by atoms with E-state index in [4.69, 9.17) is 26.0 Å². The molecule has 0 spiro atoms. The van der Waals surface area contributed by atoms with Crippen molar-refractivity contribution < 1.29 is 4.42 Å². The van der Waals surface area contributed by atoms with Gasteiger partial charge in [0.25, 0.3) is 0 Å². The first-order valence-corrected chi connectivity index (χ1v) is 14.9. The van der Waals surface area contributed by atoms with Gasteiger partial charge in [-0.15, -0.1) is 0 Å². The highest BCUT2D eigenvalue weighted by Crippen LogP contribution is 2.40. The minimum absolute atomic E-state index is 0.647. The van der Waals surface area contributed by atoms with E-state index in [0.717, 1.165) is 72.3 Å². The van der Waals surface area contributed by atoms with E-state index in [0.29, 0.717) is 10.8 Å². The van der Waals surface area contributed by atoms with Crippen molar-refractivity contribution in [3.63, 3.8) is 0 Å². The van der Waals surface area contributed by atoms with E-state index >= 15 is 0 Å². The average Bonchev–Trinajstić information content (AvgIpc) is 3.46. The third-order valence-electron chi connectivity index (χ3n) is 7.97. The summed E-state index contributed by atoms with van der Waals surface area (Å²) in [7, 11) is 0. The lowest BCUT2D eigenvalue weighted by Crippen LogP contribution is -1.95. The summed E-state index contributed by atoms with van der Waals surface area (Å²) in [4.78, 5) is 9.98. The normalized spacial score (nSPS) is 11.3. The van der Waals surface area contributed by atoms with Crippen molar-refractivity contribution in [3.05, 3.63) is 157 Å². The fourth-order valence-electron chi connectivity index (χ4n) is 5.78. The highest BCUT2D eigenvalue weighted by molar-refractivity contribution is 6.30. The van der Waals surface area contributed by atoms with Crippen LogP contribution in [-0.4, -0.2) is 9.97 Å². The molecule has 0 bridgehead atoms. The van der Waals surface area contributed by atoms with Crippen LogP contribution in [0.5, 0.6) is 0 Å². The molecule has 0 fully saturated rings. The van der Waals surface area contributed by atoms with Crippen LogP contribution in [0.4, 0.5) is 0 Å². The van der Waals surface area contributed by atoms with Crippen molar-refractivity contribution in [2.45, 2.75) is 0 Å². The fourth-order valence-corrected chi connectivity index (χ4v) is 5.90. The van der Waals surface area contributed by atoms with Crippen molar-refractivity contribution in [2.24, 2.45) is 0 Å². The first kappa shape index (κ1) is 26.1. The van der Waals surface area contributed by atoms with Crippen LogP contribution < -0.4 is 0 Å². The minimum atomic E-state index is 0.647. The van der Waals surface area contributed by atoms with E-state index in [1.165, 1.54) is 0 Å². The minimum Gasteiger partial charge on any atom is -0.456 e. The summed E-state index contributed by atoms with van der Waals surface area (Å²) in [6.07, 6.45) is 0. The summed E-state index contributed by atoms with van der Waals surface area (Å²) >= 11 is 6.19. The second-order valence-corrected chi connectivity index (χ2v) is 11.2. The van der Waals surface area contributed by atoms with Gasteiger partial charge in [-0.2, -0.15) is 0 Å².